The van der Waals surface area contributed by atoms with Gasteiger partial charge in [-0.1, -0.05) is 13.8 Å². The van der Waals surface area contributed by atoms with Crippen molar-refractivity contribution in [3.63, 3.8) is 0 Å². The minimum atomic E-state index is 0.0217. The first-order valence-electron chi connectivity index (χ1n) is 12.0. The summed E-state index contributed by atoms with van der Waals surface area (Å²) in [6.07, 6.45) is 2.07. The lowest BCUT2D eigenvalue weighted by Gasteiger charge is -2.31. The summed E-state index contributed by atoms with van der Waals surface area (Å²) in [4.78, 5) is 35.7. The van der Waals surface area contributed by atoms with Crippen LogP contribution in [0.2, 0.25) is 0 Å². The van der Waals surface area contributed by atoms with Gasteiger partial charge in [0.1, 0.15) is 0 Å². The highest BCUT2D eigenvalue weighted by Crippen LogP contribution is 2.03. The van der Waals surface area contributed by atoms with E-state index in [0.717, 1.165) is 78.3 Å². The molecule has 0 saturated carbocycles. The highest BCUT2D eigenvalue weighted by atomic mass is 16.2. The molecule has 0 radical (unpaired) electrons. The van der Waals surface area contributed by atoms with Crippen LogP contribution in [0.1, 0.15) is 26.7 Å². The summed E-state index contributed by atoms with van der Waals surface area (Å²) in [7, 11) is 3.61. The van der Waals surface area contributed by atoms with Gasteiger partial charge in [0.2, 0.25) is 11.8 Å². The molecule has 0 aromatic carbocycles. The average Bonchev–Trinajstić information content (AvgIpc) is 2.75. The Morgan fingerprint density at radius 1 is 0.774 bits per heavy atom. The summed E-state index contributed by atoms with van der Waals surface area (Å²) in [5.74, 6) is 0.146. The van der Waals surface area contributed by atoms with E-state index in [9.17, 15) is 9.59 Å². The van der Waals surface area contributed by atoms with Gasteiger partial charge in [0.25, 0.3) is 0 Å². The first-order chi connectivity index (χ1) is 14.9. The smallest absolute Gasteiger partial charge is 0.236 e. The Balaban J connectivity index is 2.81. The molecule has 182 valence electrons. The lowest BCUT2D eigenvalue weighted by atomic mass is 10.2. The van der Waals surface area contributed by atoms with Crippen LogP contribution in [-0.2, 0) is 9.59 Å². The normalized spacial score (nSPS) is 19.6. The number of likely N-dealkylation sites (N-methyl/N-ethyl adjacent to an activating group) is 3. The molecule has 31 heavy (non-hydrogen) atoms. The van der Waals surface area contributed by atoms with Crippen LogP contribution in [0.5, 0.6) is 0 Å². The zero-order chi connectivity index (χ0) is 23.1. The Hall–Kier alpha value is -1.26. The van der Waals surface area contributed by atoms with E-state index in [2.05, 4.69) is 38.8 Å². The second kappa shape index (κ2) is 16.4. The monoisotopic (exact) mass is 441 g/mol. The van der Waals surface area contributed by atoms with Crippen molar-refractivity contribution in [1.29, 1.82) is 0 Å². The Kier molecular flexibility index (Phi) is 14.7. The third kappa shape index (κ3) is 12.4. The van der Waals surface area contributed by atoms with Crippen LogP contribution in [0.25, 0.3) is 0 Å². The Labute approximate surface area is 189 Å². The molecule has 1 aliphatic heterocycles. The molecule has 9 heteroatoms. The van der Waals surface area contributed by atoms with Crippen LogP contribution in [-0.4, -0.2) is 142 Å². The molecule has 0 unspecified atom stereocenters. The number of carbonyl (C=O) groups is 2. The van der Waals surface area contributed by atoms with Crippen molar-refractivity contribution in [2.75, 3.05) is 106 Å². The molecule has 2 amide bonds. The third-order valence-electron chi connectivity index (χ3n) is 5.95. The molecule has 1 heterocycles. The van der Waals surface area contributed by atoms with E-state index in [-0.39, 0.29) is 11.8 Å². The number of nitrogens with zero attached hydrogens (tertiary/aromatic N) is 5. The minimum absolute atomic E-state index is 0.0217. The van der Waals surface area contributed by atoms with E-state index in [1.165, 1.54) is 0 Å². The Morgan fingerprint density at radius 2 is 1.23 bits per heavy atom. The van der Waals surface area contributed by atoms with Crippen molar-refractivity contribution in [2.24, 2.45) is 5.73 Å². The fourth-order valence-corrected chi connectivity index (χ4v) is 3.80. The van der Waals surface area contributed by atoms with Gasteiger partial charge >= 0.3 is 0 Å². The molecule has 3 N–H and O–H groups in total. The van der Waals surface area contributed by atoms with Crippen molar-refractivity contribution in [3.05, 3.63) is 0 Å². The van der Waals surface area contributed by atoms with Crippen LogP contribution in [0.4, 0.5) is 0 Å². The molecule has 1 fully saturated rings. The minimum Gasteiger partial charge on any atom is -0.354 e. The van der Waals surface area contributed by atoms with E-state index in [4.69, 9.17) is 5.73 Å². The number of nitrogens with two attached hydrogens (primary N) is 1. The molecule has 1 saturated heterocycles. The van der Waals surface area contributed by atoms with Gasteiger partial charge < -0.3 is 25.8 Å². The predicted molar refractivity (Wildman–Crippen MR) is 127 cm³/mol. The molecule has 1 rings (SSSR count). The van der Waals surface area contributed by atoms with E-state index >= 15 is 0 Å². The molecule has 9 nitrogen and oxygen atoms in total. The van der Waals surface area contributed by atoms with E-state index in [1.54, 1.807) is 19.0 Å². The topological polar surface area (TPSA) is 88.4 Å². The number of carbonyl (C=O) groups excluding carboxylic acids is 2. The molecule has 0 aliphatic carbocycles. The number of nitrogens with one attached hydrogen (secondary N) is 1. The fraction of sp³-hybridized carbons (Fsp3) is 0.909. The van der Waals surface area contributed by atoms with Crippen LogP contribution >= 0.6 is 0 Å². The summed E-state index contributed by atoms with van der Waals surface area (Å²) in [6, 6.07) is 0. The Morgan fingerprint density at radius 3 is 1.68 bits per heavy atom. The molecule has 1 aliphatic rings. The van der Waals surface area contributed by atoms with Crippen LogP contribution in [0.3, 0.4) is 0 Å². The van der Waals surface area contributed by atoms with Gasteiger partial charge in [0, 0.05) is 53.4 Å². The molecular formula is C22H47N7O2. The fourth-order valence-electron chi connectivity index (χ4n) is 3.80. The standard InChI is InChI=1S/C22H47N7O2/c1-5-26-11-7-13-28(19-21(30)24-10-9-23)17-18-29(20-22(31)25(3)4)14-8-12-27(6-2)16-15-26/h5-20,23H2,1-4H3,(H,24,30). The second-order valence-electron chi connectivity index (χ2n) is 8.55. The summed E-state index contributed by atoms with van der Waals surface area (Å²) in [6.45, 7) is 15.9. The SMILES string of the molecule is CCN1CCCN(CC(=O)NCCN)CCN(CC(=O)N(C)C)CCCN(CC)CC1. The first-order valence-corrected chi connectivity index (χ1v) is 12.0. The van der Waals surface area contributed by atoms with Crippen molar-refractivity contribution in [3.8, 4) is 0 Å². The van der Waals surface area contributed by atoms with E-state index in [0.29, 0.717) is 26.2 Å². The highest BCUT2D eigenvalue weighted by molar-refractivity contribution is 5.78. The first kappa shape index (κ1) is 27.8. The molecule has 0 spiro atoms. The maximum atomic E-state index is 12.3. The summed E-state index contributed by atoms with van der Waals surface area (Å²) in [5, 5.41) is 2.88. The molecule has 0 aromatic rings. The number of amides is 2. The van der Waals surface area contributed by atoms with Gasteiger partial charge in [-0.2, -0.15) is 0 Å². The van der Waals surface area contributed by atoms with Gasteiger partial charge in [-0.15, -0.1) is 0 Å². The van der Waals surface area contributed by atoms with Crippen molar-refractivity contribution < 1.29 is 9.59 Å². The number of hydrogen-bond donors (Lipinski definition) is 2. The third-order valence-corrected chi connectivity index (χ3v) is 5.95. The zero-order valence-electron chi connectivity index (χ0n) is 20.4. The molecular weight excluding hydrogens is 394 g/mol. The molecule has 0 atom stereocenters. The summed E-state index contributed by atoms with van der Waals surface area (Å²) < 4.78 is 0. The van der Waals surface area contributed by atoms with Gasteiger partial charge in [-0.05, 0) is 52.1 Å². The second-order valence-corrected chi connectivity index (χ2v) is 8.55. The van der Waals surface area contributed by atoms with Crippen molar-refractivity contribution in [2.45, 2.75) is 26.7 Å². The van der Waals surface area contributed by atoms with E-state index < -0.39 is 0 Å². The predicted octanol–water partition coefficient (Wildman–Crippen LogP) is -0.809. The Bertz CT molecular complexity index is 504. The molecule has 0 bridgehead atoms. The number of hydrogen-bond acceptors (Lipinski definition) is 7. The maximum Gasteiger partial charge on any atom is 0.236 e. The van der Waals surface area contributed by atoms with Crippen molar-refractivity contribution in [1.82, 2.24) is 29.8 Å². The molecule has 0 aromatic heterocycles. The van der Waals surface area contributed by atoms with Gasteiger partial charge in [-0.25, -0.2) is 0 Å². The highest BCUT2D eigenvalue weighted by Gasteiger charge is 2.17. The lowest BCUT2D eigenvalue weighted by molar-refractivity contribution is -0.130. The zero-order valence-corrected chi connectivity index (χ0v) is 20.4. The summed E-state index contributed by atoms with van der Waals surface area (Å²) in [5.41, 5.74) is 5.51. The van der Waals surface area contributed by atoms with Gasteiger partial charge in [-0.3, -0.25) is 19.4 Å². The lowest BCUT2D eigenvalue weighted by Crippen LogP contribution is -2.46. The van der Waals surface area contributed by atoms with Crippen LogP contribution in [0, 0.1) is 0 Å². The van der Waals surface area contributed by atoms with E-state index in [1.807, 2.05) is 0 Å². The van der Waals surface area contributed by atoms with Gasteiger partial charge in [0.05, 0.1) is 13.1 Å². The largest absolute Gasteiger partial charge is 0.354 e. The van der Waals surface area contributed by atoms with Crippen LogP contribution in [0.15, 0.2) is 0 Å². The van der Waals surface area contributed by atoms with Crippen molar-refractivity contribution >= 4 is 11.8 Å². The van der Waals surface area contributed by atoms with Gasteiger partial charge in [0.15, 0.2) is 0 Å². The maximum absolute atomic E-state index is 12.3. The number of rotatable bonds is 8. The summed E-state index contributed by atoms with van der Waals surface area (Å²) >= 11 is 0. The average molecular weight is 442 g/mol. The van der Waals surface area contributed by atoms with Crippen LogP contribution < -0.4 is 11.1 Å². The quantitative estimate of drug-likeness (QED) is 0.509.